The molecule has 0 aliphatic heterocycles. The summed E-state index contributed by atoms with van der Waals surface area (Å²) in [5.41, 5.74) is 3.83. The Hall–Kier alpha value is -3.59. The fourth-order valence-corrected chi connectivity index (χ4v) is 2.92. The molecule has 0 radical (unpaired) electrons. The smallest absolute Gasteiger partial charge is 0.855 e. The molecule has 5 rings (SSSR count). The van der Waals surface area contributed by atoms with Crippen molar-refractivity contribution in [2.24, 2.45) is 0 Å². The maximum atomic E-state index is 9.40. The van der Waals surface area contributed by atoms with Crippen LogP contribution in [0, 0.1) is 25.9 Å². The Labute approximate surface area is 221 Å². The van der Waals surface area contributed by atoms with Crippen molar-refractivity contribution in [2.75, 3.05) is 0 Å². The normalized spacial score (nSPS) is 12.4. The quantitative estimate of drug-likeness (QED) is 0.117. The van der Waals surface area contributed by atoms with Gasteiger partial charge in [0, 0.05) is 22.1 Å². The number of pyridine rings is 1. The fraction of sp³-hybridized carbons (Fsp3) is 0.0667. The third-order valence-electron chi connectivity index (χ3n) is 4.46. The zero-order chi connectivity index (χ0) is 27.7. The van der Waals surface area contributed by atoms with Crippen molar-refractivity contribution in [2.45, 2.75) is 13.8 Å². The summed E-state index contributed by atoms with van der Waals surface area (Å²) in [5, 5.41) is 11.7. The van der Waals surface area contributed by atoms with Crippen LogP contribution in [0.1, 0.15) is 23.5 Å². The molecule has 0 amide bonds. The second-order valence-corrected chi connectivity index (χ2v) is 6.82. The van der Waals surface area contributed by atoms with Crippen molar-refractivity contribution in [1.82, 2.24) is 4.98 Å². The van der Waals surface area contributed by atoms with Crippen molar-refractivity contribution >= 4 is 27.7 Å². The molecule has 0 aliphatic rings. The number of fused-ring (bicyclic) bond motifs is 3. The van der Waals surface area contributed by atoms with E-state index in [4.69, 9.17) is 11.3 Å². The van der Waals surface area contributed by atoms with Crippen molar-refractivity contribution in [1.29, 1.82) is 0 Å². The van der Waals surface area contributed by atoms with Gasteiger partial charge in [-0.25, -0.2) is 5.71 Å². The molecular weight excluding hydrogens is 597 g/mol. The number of benzene rings is 3. The van der Waals surface area contributed by atoms with E-state index in [1.54, 1.807) is 30.4 Å². The molecule has 2 heterocycles. The zero-order valence-electron chi connectivity index (χ0n) is 23.5. The van der Waals surface area contributed by atoms with Crippen LogP contribution < -0.4 is 0 Å². The molecule has 170 valence electrons. The third-order valence-corrected chi connectivity index (χ3v) is 4.46. The number of hydrogen-bond donors (Lipinski definition) is 0. The van der Waals surface area contributed by atoms with E-state index in [1.165, 1.54) is 10.9 Å². The van der Waals surface area contributed by atoms with E-state index in [1.807, 2.05) is 30.3 Å². The molecule has 4 heteroatoms. The minimum Gasteiger partial charge on any atom is -0.855 e. The molecule has 0 atom stereocenters. The van der Waals surface area contributed by atoms with Gasteiger partial charge in [0.05, 0.1) is 2.74 Å². The summed E-state index contributed by atoms with van der Waals surface area (Å²) in [7, 11) is 0. The van der Waals surface area contributed by atoms with Crippen LogP contribution in [-0.4, -0.2) is 10.7 Å². The van der Waals surface area contributed by atoms with E-state index in [0.717, 1.165) is 28.9 Å². The Morgan fingerprint density at radius 2 is 2.06 bits per heavy atom. The standard InChI is InChI=1S/C13H9O.C11H9N.C6H7N.Ir/c1-9-5-4-7-11-10-6-2-3-8-12(10)14-13(9)11;1-2-3-9-11(12)10-7-5-4-6-8-10;1-6-3-2-4-7-5-6;/h3-8H,1H3;2-7,9H,1H2;2-5H,1H3;/q-1;-2;;+3/b;9-3-;;/i;;1D3,2D,3D;. The fourth-order valence-electron chi connectivity index (χ4n) is 2.92. The van der Waals surface area contributed by atoms with Gasteiger partial charge in [-0.2, -0.15) is 23.8 Å². The van der Waals surface area contributed by atoms with E-state index >= 15 is 0 Å². The number of aryl methyl sites for hydroxylation is 2. The molecule has 3 aromatic carbocycles. The van der Waals surface area contributed by atoms with Crippen molar-refractivity contribution in [3.8, 4) is 0 Å². The van der Waals surface area contributed by atoms with Crippen LogP contribution in [-0.2, 0) is 20.1 Å². The average Bonchev–Trinajstić information content (AvgIpc) is 3.30. The molecule has 0 saturated carbocycles. The topological polar surface area (TPSA) is 48.3 Å². The summed E-state index contributed by atoms with van der Waals surface area (Å²) >= 11 is 0. The van der Waals surface area contributed by atoms with Gasteiger partial charge in [-0.1, -0.05) is 48.4 Å². The van der Waals surface area contributed by atoms with Gasteiger partial charge < -0.3 is 9.83 Å². The molecule has 0 fully saturated rings. The first-order chi connectivity index (χ1) is 18.1. The van der Waals surface area contributed by atoms with Crippen LogP contribution in [0.15, 0.2) is 114 Å². The molecule has 3 nitrogen and oxygen atoms in total. The predicted molar refractivity (Wildman–Crippen MR) is 138 cm³/mol. The van der Waals surface area contributed by atoms with E-state index < -0.39 is 6.85 Å². The summed E-state index contributed by atoms with van der Waals surface area (Å²) in [5.74, 6) is 0. The first-order valence-electron chi connectivity index (χ1n) is 12.6. The number of aromatic nitrogens is 1. The summed E-state index contributed by atoms with van der Waals surface area (Å²) in [6, 6.07) is 24.8. The Morgan fingerprint density at radius 3 is 2.79 bits per heavy atom. The number of rotatable bonds is 3. The first kappa shape index (κ1) is 19.8. The van der Waals surface area contributed by atoms with Gasteiger partial charge in [0.2, 0.25) is 0 Å². The Balaban J connectivity index is 0.000000204. The SMILES string of the molecule is C=C/C=C\C(=[N-])c1[c-]cccc1.Cc1cccc2c1oc1cc[c-]cc12.[2H]c1cncc(C([2H])([2H])[2H])c1[2H].[Ir+3]. The van der Waals surface area contributed by atoms with E-state index in [2.05, 4.69) is 48.8 Å². The third kappa shape index (κ3) is 7.48. The number of allylic oxidation sites excluding steroid dienone is 3. The molecular formula is C30H25IrN2O. The van der Waals surface area contributed by atoms with Gasteiger partial charge in [0.25, 0.3) is 0 Å². The molecule has 2 aromatic heterocycles. The van der Waals surface area contributed by atoms with E-state index in [0.29, 0.717) is 5.56 Å². The van der Waals surface area contributed by atoms with Gasteiger partial charge in [0.1, 0.15) is 5.58 Å². The largest absolute Gasteiger partial charge is 3.00 e. The average molecular weight is 627 g/mol. The number of furan rings is 1. The molecule has 0 unspecified atom stereocenters. The Bertz CT molecular complexity index is 1580. The Kier molecular flexibility index (Phi) is 8.08. The molecule has 0 saturated heterocycles. The molecule has 0 aliphatic carbocycles. The number of nitrogens with zero attached hydrogens (tertiary/aromatic N) is 2. The van der Waals surface area contributed by atoms with Crippen LogP contribution in [0.5, 0.6) is 0 Å². The Morgan fingerprint density at radius 1 is 1.18 bits per heavy atom. The van der Waals surface area contributed by atoms with Gasteiger partial charge in [-0.15, -0.1) is 42.5 Å². The van der Waals surface area contributed by atoms with Gasteiger partial charge in [-0.05, 0) is 36.3 Å². The summed E-state index contributed by atoms with van der Waals surface area (Å²) in [6.45, 7) is 3.22. The van der Waals surface area contributed by atoms with Gasteiger partial charge in [0.15, 0.2) is 0 Å². The van der Waals surface area contributed by atoms with Gasteiger partial charge in [-0.3, -0.25) is 4.98 Å². The van der Waals surface area contributed by atoms with Crippen LogP contribution in [0.3, 0.4) is 0 Å². The second-order valence-electron chi connectivity index (χ2n) is 6.82. The molecule has 0 spiro atoms. The van der Waals surface area contributed by atoms with Crippen LogP contribution in [0.4, 0.5) is 0 Å². The first-order valence-corrected chi connectivity index (χ1v) is 10.1. The maximum absolute atomic E-state index is 9.40. The van der Waals surface area contributed by atoms with E-state index in [-0.39, 0.29) is 43.5 Å². The monoisotopic (exact) mass is 627 g/mol. The van der Waals surface area contributed by atoms with Crippen molar-refractivity contribution in [3.63, 3.8) is 0 Å². The van der Waals surface area contributed by atoms with Crippen molar-refractivity contribution < 1.29 is 31.4 Å². The van der Waals surface area contributed by atoms with Crippen LogP contribution >= 0.6 is 0 Å². The van der Waals surface area contributed by atoms with Crippen LogP contribution in [0.25, 0.3) is 27.3 Å². The summed E-state index contributed by atoms with van der Waals surface area (Å²) in [4.78, 5) is 3.54. The molecule has 0 N–H and O–H groups in total. The van der Waals surface area contributed by atoms with Gasteiger partial charge >= 0.3 is 20.1 Å². The van der Waals surface area contributed by atoms with Crippen molar-refractivity contribution in [3.05, 3.63) is 144 Å². The predicted octanol–water partition coefficient (Wildman–Crippen LogP) is 7.67. The number of para-hydroxylation sites is 1. The number of hydrogen-bond acceptors (Lipinski definition) is 2. The zero-order valence-corrected chi connectivity index (χ0v) is 20.9. The maximum Gasteiger partial charge on any atom is 3.00 e. The molecule has 34 heavy (non-hydrogen) atoms. The summed E-state index contributed by atoms with van der Waals surface area (Å²) in [6.07, 6.45) is 7.12. The van der Waals surface area contributed by atoms with Crippen LogP contribution in [0.2, 0.25) is 0 Å². The van der Waals surface area contributed by atoms with E-state index in [9.17, 15) is 5.41 Å². The second kappa shape index (κ2) is 13.8. The summed E-state index contributed by atoms with van der Waals surface area (Å²) < 4.78 is 41.2. The molecule has 5 aromatic rings. The minimum absolute atomic E-state index is 0. The minimum atomic E-state index is -2.35. The molecule has 0 bridgehead atoms.